The smallest absolute Gasteiger partial charge is 0.226 e. The van der Waals surface area contributed by atoms with Crippen LogP contribution in [0.2, 0.25) is 0 Å². The number of ether oxygens (including phenoxy) is 1. The first-order valence-electron chi connectivity index (χ1n) is 8.73. The van der Waals surface area contributed by atoms with Gasteiger partial charge >= 0.3 is 0 Å². The van der Waals surface area contributed by atoms with Crippen molar-refractivity contribution in [3.05, 3.63) is 75.8 Å². The minimum atomic E-state index is -0.0276. The summed E-state index contributed by atoms with van der Waals surface area (Å²) in [5.41, 5.74) is 3.87. The van der Waals surface area contributed by atoms with Crippen LogP contribution < -0.4 is 10.1 Å². The number of imidazole rings is 1. The van der Waals surface area contributed by atoms with E-state index < -0.39 is 0 Å². The van der Waals surface area contributed by atoms with Crippen LogP contribution >= 0.6 is 27.3 Å². The van der Waals surface area contributed by atoms with Gasteiger partial charge < -0.3 is 10.1 Å². The van der Waals surface area contributed by atoms with Crippen LogP contribution in [-0.4, -0.2) is 22.4 Å². The molecule has 1 N–H and O–H groups in total. The average Bonchev–Trinajstić information content (AvgIpc) is 3.29. The third-order valence-corrected chi connectivity index (χ3v) is 5.75. The van der Waals surface area contributed by atoms with Gasteiger partial charge in [-0.25, -0.2) is 4.98 Å². The molecule has 2 aromatic heterocycles. The number of nitrogens with zero attached hydrogens (tertiary/aromatic N) is 2. The first-order chi connectivity index (χ1) is 13.6. The van der Waals surface area contributed by atoms with E-state index >= 15 is 0 Å². The molecule has 1 amide bonds. The molecular formula is C21H18BrN3O2S. The highest BCUT2D eigenvalue weighted by molar-refractivity contribution is 9.10. The summed E-state index contributed by atoms with van der Waals surface area (Å²) in [4.78, 5) is 18.0. The number of thiazole rings is 1. The molecule has 7 heteroatoms. The highest BCUT2D eigenvalue weighted by Gasteiger charge is 2.13. The maximum absolute atomic E-state index is 12.4. The van der Waals surface area contributed by atoms with E-state index in [2.05, 4.69) is 26.2 Å². The number of fused-ring (bicyclic) bond motifs is 1. The molecule has 0 radical (unpaired) electrons. The van der Waals surface area contributed by atoms with E-state index in [9.17, 15) is 4.79 Å². The lowest BCUT2D eigenvalue weighted by Crippen LogP contribution is -2.25. The van der Waals surface area contributed by atoms with Crippen LogP contribution in [0, 0.1) is 0 Å². The Hall–Kier alpha value is -2.64. The number of carbonyl (C=O) groups is 1. The maximum atomic E-state index is 12.4. The lowest BCUT2D eigenvalue weighted by Gasteiger charge is -2.07. The molecular weight excluding hydrogens is 438 g/mol. The minimum absolute atomic E-state index is 0.0276. The topological polar surface area (TPSA) is 55.6 Å². The van der Waals surface area contributed by atoms with Crippen molar-refractivity contribution in [2.45, 2.75) is 13.0 Å². The van der Waals surface area contributed by atoms with Gasteiger partial charge in [-0.1, -0.05) is 40.2 Å². The third-order valence-electron chi connectivity index (χ3n) is 4.37. The Labute approximate surface area is 175 Å². The predicted octanol–water partition coefficient (Wildman–Crippen LogP) is 4.69. The van der Waals surface area contributed by atoms with E-state index in [1.165, 1.54) is 11.3 Å². The molecule has 0 bridgehead atoms. The second kappa shape index (κ2) is 8.16. The lowest BCUT2D eigenvalue weighted by molar-refractivity contribution is -0.120. The van der Waals surface area contributed by atoms with Crippen LogP contribution in [0.25, 0.3) is 16.2 Å². The van der Waals surface area contributed by atoms with Crippen molar-refractivity contribution in [3.8, 4) is 17.0 Å². The number of benzene rings is 2. The van der Waals surface area contributed by atoms with Gasteiger partial charge in [0.2, 0.25) is 5.91 Å². The molecule has 0 atom stereocenters. The standard InChI is InChI=1S/C21H18BrN3O2S/c1-27-18-7-2-4-14(8-18)11-23-20(26)10-17-13-28-21-24-19(12-25(17)21)15-5-3-6-16(22)9-15/h2-9,12-13H,10-11H2,1H3,(H,23,26). The van der Waals surface area contributed by atoms with E-state index in [0.717, 1.165) is 37.7 Å². The van der Waals surface area contributed by atoms with E-state index in [1.54, 1.807) is 7.11 Å². The fraction of sp³-hybridized carbons (Fsp3) is 0.143. The lowest BCUT2D eigenvalue weighted by atomic mass is 10.2. The number of aromatic nitrogens is 2. The predicted molar refractivity (Wildman–Crippen MR) is 115 cm³/mol. The number of hydrogen-bond acceptors (Lipinski definition) is 4. The Kier molecular flexibility index (Phi) is 5.45. The third kappa shape index (κ3) is 4.10. The summed E-state index contributed by atoms with van der Waals surface area (Å²) in [6, 6.07) is 15.7. The molecule has 0 spiro atoms. The van der Waals surface area contributed by atoms with Crippen LogP contribution in [0.3, 0.4) is 0 Å². The van der Waals surface area contributed by atoms with Crippen molar-refractivity contribution in [2.75, 3.05) is 7.11 Å². The fourth-order valence-corrected chi connectivity index (χ4v) is 4.23. The van der Waals surface area contributed by atoms with Crippen molar-refractivity contribution in [1.29, 1.82) is 0 Å². The highest BCUT2D eigenvalue weighted by Crippen LogP contribution is 2.26. The molecule has 5 nitrogen and oxygen atoms in total. The molecule has 4 aromatic rings. The Morgan fingerprint density at radius 2 is 2.11 bits per heavy atom. The molecule has 4 rings (SSSR count). The molecule has 0 fully saturated rings. The Morgan fingerprint density at radius 1 is 1.25 bits per heavy atom. The summed E-state index contributed by atoms with van der Waals surface area (Å²) in [7, 11) is 1.63. The van der Waals surface area contributed by atoms with Crippen LogP contribution in [0.1, 0.15) is 11.3 Å². The molecule has 28 heavy (non-hydrogen) atoms. The van der Waals surface area contributed by atoms with Crippen LogP contribution in [0.4, 0.5) is 0 Å². The normalized spacial score (nSPS) is 10.9. The number of amides is 1. The van der Waals surface area contributed by atoms with Crippen LogP contribution in [0.15, 0.2) is 64.6 Å². The highest BCUT2D eigenvalue weighted by atomic mass is 79.9. The monoisotopic (exact) mass is 455 g/mol. The quantitative estimate of drug-likeness (QED) is 0.458. The van der Waals surface area contributed by atoms with Crippen molar-refractivity contribution < 1.29 is 9.53 Å². The Morgan fingerprint density at radius 3 is 2.93 bits per heavy atom. The van der Waals surface area contributed by atoms with Crippen molar-refractivity contribution >= 4 is 38.1 Å². The number of carbonyl (C=O) groups excluding carboxylic acids is 1. The van der Waals surface area contributed by atoms with Crippen molar-refractivity contribution in [2.24, 2.45) is 0 Å². The molecule has 0 saturated heterocycles. The van der Waals surface area contributed by atoms with Gasteiger partial charge in [0, 0.05) is 33.9 Å². The van der Waals surface area contributed by atoms with Crippen LogP contribution in [0.5, 0.6) is 5.75 Å². The van der Waals surface area contributed by atoms with E-state index in [4.69, 9.17) is 4.74 Å². The average molecular weight is 456 g/mol. The number of methoxy groups -OCH3 is 1. The first-order valence-corrected chi connectivity index (χ1v) is 10.4. The zero-order valence-corrected chi connectivity index (χ0v) is 17.6. The van der Waals surface area contributed by atoms with E-state index in [-0.39, 0.29) is 5.91 Å². The van der Waals surface area contributed by atoms with Gasteiger partial charge in [-0.3, -0.25) is 9.20 Å². The summed E-state index contributed by atoms with van der Waals surface area (Å²) >= 11 is 5.03. The van der Waals surface area contributed by atoms with E-state index in [0.29, 0.717) is 13.0 Å². The molecule has 0 unspecified atom stereocenters. The largest absolute Gasteiger partial charge is 0.497 e. The number of halogens is 1. The van der Waals surface area contributed by atoms with Gasteiger partial charge in [0.1, 0.15) is 5.75 Å². The summed E-state index contributed by atoms with van der Waals surface area (Å²) < 4.78 is 8.22. The molecule has 2 heterocycles. The number of nitrogens with one attached hydrogen (secondary N) is 1. The molecule has 2 aromatic carbocycles. The summed E-state index contributed by atoms with van der Waals surface area (Å²) in [5.74, 6) is 0.755. The van der Waals surface area contributed by atoms with Crippen molar-refractivity contribution in [3.63, 3.8) is 0 Å². The first kappa shape index (κ1) is 18.7. The number of rotatable bonds is 6. The molecule has 0 aliphatic rings. The number of hydrogen-bond donors (Lipinski definition) is 1. The second-order valence-corrected chi connectivity index (χ2v) is 8.07. The Balaban J connectivity index is 1.46. The van der Waals surface area contributed by atoms with Gasteiger partial charge in [-0.2, -0.15) is 0 Å². The summed E-state index contributed by atoms with van der Waals surface area (Å²) in [6.45, 7) is 0.469. The van der Waals surface area contributed by atoms with Gasteiger partial charge in [0.15, 0.2) is 4.96 Å². The zero-order chi connectivity index (χ0) is 19.5. The molecule has 142 valence electrons. The zero-order valence-electron chi connectivity index (χ0n) is 15.2. The summed E-state index contributed by atoms with van der Waals surface area (Å²) in [6.07, 6.45) is 2.29. The van der Waals surface area contributed by atoms with Crippen molar-refractivity contribution in [1.82, 2.24) is 14.7 Å². The van der Waals surface area contributed by atoms with Gasteiger partial charge in [-0.15, -0.1) is 11.3 Å². The fourth-order valence-electron chi connectivity index (χ4n) is 2.95. The van der Waals surface area contributed by atoms with Crippen LogP contribution in [-0.2, 0) is 17.8 Å². The molecule has 0 aliphatic heterocycles. The van der Waals surface area contributed by atoms with Gasteiger partial charge in [0.05, 0.1) is 19.2 Å². The molecule has 0 saturated carbocycles. The summed E-state index contributed by atoms with van der Waals surface area (Å²) in [5, 5.41) is 4.95. The second-order valence-electron chi connectivity index (χ2n) is 6.32. The van der Waals surface area contributed by atoms with Gasteiger partial charge in [0.25, 0.3) is 0 Å². The van der Waals surface area contributed by atoms with E-state index in [1.807, 2.05) is 64.5 Å². The van der Waals surface area contributed by atoms with Gasteiger partial charge in [-0.05, 0) is 29.8 Å². The SMILES string of the molecule is COc1cccc(CNC(=O)Cc2csc3nc(-c4cccc(Br)c4)cn23)c1. The maximum Gasteiger partial charge on any atom is 0.226 e. The minimum Gasteiger partial charge on any atom is -0.497 e. The Bertz CT molecular complexity index is 1140. The molecule has 0 aliphatic carbocycles.